The summed E-state index contributed by atoms with van der Waals surface area (Å²) >= 11 is 0. The predicted octanol–water partition coefficient (Wildman–Crippen LogP) is 4.89. The smallest absolute Gasteiger partial charge is 0.259 e. The Balaban J connectivity index is 1.51. The van der Waals surface area contributed by atoms with Crippen molar-refractivity contribution in [2.75, 3.05) is 5.32 Å². The van der Waals surface area contributed by atoms with Crippen LogP contribution in [0.4, 0.5) is 5.69 Å². The number of phenolic OH excluding ortho intramolecular Hbond substituents is 1. The predicted molar refractivity (Wildman–Crippen MR) is 123 cm³/mol. The molecule has 0 bridgehead atoms. The molecule has 0 unspecified atom stereocenters. The number of anilines is 1. The summed E-state index contributed by atoms with van der Waals surface area (Å²) in [5.74, 6) is -0.0447. The minimum Gasteiger partial charge on any atom is -0.506 e. The van der Waals surface area contributed by atoms with Crippen LogP contribution in [0.2, 0.25) is 0 Å². The standard InChI is InChI=1S/C25H20N4O3/c1-16-8-2-5-11-20(16)26-25(31)19-14-23(17-9-3-4-10-18(17)24(19)30)32-15-29-22-13-7-6-12-21(22)27-28-29/h2-14,30H,15H2,1H3,(H,26,31). The Morgan fingerprint density at radius 2 is 1.72 bits per heavy atom. The first-order valence-electron chi connectivity index (χ1n) is 10.1. The van der Waals surface area contributed by atoms with Crippen LogP contribution in [0.25, 0.3) is 21.8 Å². The third-order valence-electron chi connectivity index (χ3n) is 5.38. The molecule has 0 atom stereocenters. The lowest BCUT2D eigenvalue weighted by molar-refractivity contribution is 0.102. The highest BCUT2D eigenvalue weighted by molar-refractivity contribution is 6.11. The highest BCUT2D eigenvalue weighted by Gasteiger charge is 2.19. The second-order valence-corrected chi connectivity index (χ2v) is 7.44. The van der Waals surface area contributed by atoms with Crippen molar-refractivity contribution in [3.63, 3.8) is 0 Å². The molecule has 5 aromatic rings. The van der Waals surface area contributed by atoms with E-state index in [2.05, 4.69) is 15.6 Å². The Bertz CT molecular complexity index is 1460. The van der Waals surface area contributed by atoms with E-state index >= 15 is 0 Å². The van der Waals surface area contributed by atoms with Gasteiger partial charge in [-0.1, -0.05) is 59.8 Å². The summed E-state index contributed by atoms with van der Waals surface area (Å²) in [7, 11) is 0. The van der Waals surface area contributed by atoms with Crippen LogP contribution < -0.4 is 10.1 Å². The Morgan fingerprint density at radius 3 is 2.56 bits per heavy atom. The Morgan fingerprint density at radius 1 is 1.00 bits per heavy atom. The summed E-state index contributed by atoms with van der Waals surface area (Å²) in [4.78, 5) is 13.0. The number of aromatic hydroxyl groups is 1. The number of aromatic nitrogens is 3. The molecule has 1 aromatic heterocycles. The van der Waals surface area contributed by atoms with Crippen molar-refractivity contribution < 1.29 is 14.6 Å². The van der Waals surface area contributed by atoms with Crippen LogP contribution in [-0.2, 0) is 6.73 Å². The molecule has 0 spiro atoms. The molecule has 5 rings (SSSR count). The van der Waals surface area contributed by atoms with Crippen molar-refractivity contribution in [2.24, 2.45) is 0 Å². The molecule has 0 saturated heterocycles. The zero-order valence-corrected chi connectivity index (χ0v) is 17.3. The first kappa shape index (κ1) is 19.6. The first-order valence-corrected chi connectivity index (χ1v) is 10.1. The maximum atomic E-state index is 13.0. The van der Waals surface area contributed by atoms with E-state index in [0.717, 1.165) is 16.6 Å². The van der Waals surface area contributed by atoms with Crippen molar-refractivity contribution in [3.05, 3.63) is 90.0 Å². The third kappa shape index (κ3) is 3.50. The zero-order chi connectivity index (χ0) is 22.1. The van der Waals surface area contributed by atoms with Gasteiger partial charge in [0.1, 0.15) is 17.0 Å². The summed E-state index contributed by atoms with van der Waals surface area (Å²) in [5, 5.41) is 23.2. The van der Waals surface area contributed by atoms with Gasteiger partial charge in [0.15, 0.2) is 6.73 Å². The Kier molecular flexibility index (Phi) is 4.91. The number of ether oxygens (including phenoxy) is 1. The van der Waals surface area contributed by atoms with Crippen molar-refractivity contribution in [2.45, 2.75) is 13.7 Å². The fourth-order valence-electron chi connectivity index (χ4n) is 3.67. The van der Waals surface area contributed by atoms with E-state index in [4.69, 9.17) is 4.74 Å². The molecule has 0 radical (unpaired) electrons. The fraction of sp³-hybridized carbons (Fsp3) is 0.0800. The second-order valence-electron chi connectivity index (χ2n) is 7.44. The van der Waals surface area contributed by atoms with Gasteiger partial charge in [-0.15, -0.1) is 5.10 Å². The molecule has 4 aromatic carbocycles. The van der Waals surface area contributed by atoms with Crippen LogP contribution in [0, 0.1) is 6.92 Å². The van der Waals surface area contributed by atoms with Crippen LogP contribution in [0.1, 0.15) is 15.9 Å². The van der Waals surface area contributed by atoms with Gasteiger partial charge in [-0.3, -0.25) is 4.79 Å². The number of carbonyl (C=O) groups excluding carboxylic acids is 1. The molecule has 1 amide bonds. The van der Waals surface area contributed by atoms with Crippen molar-refractivity contribution in [1.82, 2.24) is 15.0 Å². The molecular weight excluding hydrogens is 404 g/mol. The van der Waals surface area contributed by atoms with E-state index in [1.165, 1.54) is 0 Å². The number of hydrogen-bond donors (Lipinski definition) is 2. The maximum absolute atomic E-state index is 13.0. The maximum Gasteiger partial charge on any atom is 0.259 e. The highest BCUT2D eigenvalue weighted by Crippen LogP contribution is 2.36. The van der Waals surface area contributed by atoms with Crippen molar-refractivity contribution in [1.29, 1.82) is 0 Å². The topological polar surface area (TPSA) is 89.3 Å². The molecule has 1 heterocycles. The van der Waals surface area contributed by atoms with Crippen LogP contribution >= 0.6 is 0 Å². The molecule has 0 aliphatic carbocycles. The van der Waals surface area contributed by atoms with Crippen molar-refractivity contribution >= 4 is 33.4 Å². The first-order chi connectivity index (χ1) is 15.6. The highest BCUT2D eigenvalue weighted by atomic mass is 16.5. The largest absolute Gasteiger partial charge is 0.506 e. The molecule has 0 saturated carbocycles. The number of aryl methyl sites for hydroxylation is 1. The van der Waals surface area contributed by atoms with Gasteiger partial charge in [0.25, 0.3) is 5.91 Å². The van der Waals surface area contributed by atoms with Crippen LogP contribution in [0.5, 0.6) is 11.5 Å². The normalized spacial score (nSPS) is 11.0. The zero-order valence-electron chi connectivity index (χ0n) is 17.3. The van der Waals surface area contributed by atoms with E-state index in [1.54, 1.807) is 22.9 Å². The number of para-hydroxylation sites is 2. The Labute approximate surface area is 183 Å². The minimum atomic E-state index is -0.418. The molecule has 158 valence electrons. The van der Waals surface area contributed by atoms with E-state index in [0.29, 0.717) is 22.2 Å². The van der Waals surface area contributed by atoms with Crippen LogP contribution in [-0.4, -0.2) is 26.0 Å². The number of fused-ring (bicyclic) bond motifs is 2. The number of benzene rings is 4. The molecule has 0 aliphatic heterocycles. The molecule has 7 heteroatoms. The molecule has 2 N–H and O–H groups in total. The van der Waals surface area contributed by atoms with Gasteiger partial charge in [0.2, 0.25) is 0 Å². The average Bonchev–Trinajstić information content (AvgIpc) is 3.23. The molecular formula is C25H20N4O3. The van der Waals surface area contributed by atoms with Crippen LogP contribution in [0.3, 0.4) is 0 Å². The lowest BCUT2D eigenvalue weighted by atomic mass is 10.0. The quantitative estimate of drug-likeness (QED) is 0.419. The van der Waals surface area contributed by atoms with Gasteiger partial charge in [-0.25, -0.2) is 4.68 Å². The van der Waals surface area contributed by atoms with E-state index in [-0.39, 0.29) is 18.0 Å². The summed E-state index contributed by atoms with van der Waals surface area (Å²) in [6.07, 6.45) is 0. The molecule has 7 nitrogen and oxygen atoms in total. The summed E-state index contributed by atoms with van der Waals surface area (Å²) in [6.45, 7) is 2.01. The number of carbonyl (C=O) groups is 1. The summed E-state index contributed by atoms with van der Waals surface area (Å²) < 4.78 is 7.70. The third-order valence-corrected chi connectivity index (χ3v) is 5.38. The van der Waals surface area contributed by atoms with Gasteiger partial charge in [0, 0.05) is 16.5 Å². The van der Waals surface area contributed by atoms with Gasteiger partial charge in [-0.05, 0) is 36.8 Å². The number of phenols is 1. The second kappa shape index (κ2) is 8.03. The van der Waals surface area contributed by atoms with Gasteiger partial charge in [-0.2, -0.15) is 0 Å². The number of rotatable bonds is 5. The summed E-state index contributed by atoms with van der Waals surface area (Å²) in [5.41, 5.74) is 3.35. The van der Waals surface area contributed by atoms with Gasteiger partial charge >= 0.3 is 0 Å². The average molecular weight is 424 g/mol. The monoisotopic (exact) mass is 424 g/mol. The van der Waals surface area contributed by atoms with Crippen molar-refractivity contribution in [3.8, 4) is 11.5 Å². The number of hydrogen-bond acceptors (Lipinski definition) is 5. The van der Waals surface area contributed by atoms with Gasteiger partial charge < -0.3 is 15.2 Å². The number of amides is 1. The van der Waals surface area contributed by atoms with Gasteiger partial charge in [0.05, 0.1) is 11.1 Å². The lowest BCUT2D eigenvalue weighted by Gasteiger charge is -2.15. The molecule has 32 heavy (non-hydrogen) atoms. The number of nitrogens with one attached hydrogen (secondary N) is 1. The van der Waals surface area contributed by atoms with E-state index in [9.17, 15) is 9.90 Å². The molecule has 0 fully saturated rings. The minimum absolute atomic E-state index is 0.0924. The fourth-order valence-corrected chi connectivity index (χ4v) is 3.67. The Hall–Kier alpha value is -4.39. The van der Waals surface area contributed by atoms with E-state index in [1.807, 2.05) is 67.6 Å². The van der Waals surface area contributed by atoms with Crippen LogP contribution in [0.15, 0.2) is 78.9 Å². The van der Waals surface area contributed by atoms with E-state index < -0.39 is 5.91 Å². The number of nitrogens with zero attached hydrogens (tertiary/aromatic N) is 3. The lowest BCUT2D eigenvalue weighted by Crippen LogP contribution is -2.14. The summed E-state index contributed by atoms with van der Waals surface area (Å²) in [6, 6.07) is 23.9. The molecule has 0 aliphatic rings. The SMILES string of the molecule is Cc1ccccc1NC(=O)c1cc(OCn2nnc3ccccc32)c2ccccc2c1O.